The second-order valence-corrected chi connectivity index (χ2v) is 8.28. The monoisotopic (exact) mass is 447 g/mol. The molecule has 0 radical (unpaired) electrons. The molecule has 3 rings (SSSR count). The number of benzene rings is 1. The Hall–Kier alpha value is -2.35. The van der Waals surface area contributed by atoms with E-state index in [1.54, 1.807) is 6.20 Å². The van der Waals surface area contributed by atoms with Crippen molar-refractivity contribution < 1.29 is 9.90 Å². The summed E-state index contributed by atoms with van der Waals surface area (Å²) in [6.45, 7) is 0.524. The van der Waals surface area contributed by atoms with Crippen molar-refractivity contribution in [1.82, 2.24) is 9.97 Å². The highest BCUT2D eigenvalue weighted by molar-refractivity contribution is 9.10. The molecule has 0 unspecified atom stereocenters. The van der Waals surface area contributed by atoms with Crippen LogP contribution in [0, 0.1) is 5.92 Å². The van der Waals surface area contributed by atoms with E-state index in [0.29, 0.717) is 30.1 Å². The van der Waals surface area contributed by atoms with Crippen LogP contribution in [0.5, 0.6) is 0 Å². The summed E-state index contributed by atoms with van der Waals surface area (Å²) >= 11 is 3.39. The fourth-order valence-corrected chi connectivity index (χ4v) is 3.78. The number of aromatic nitrogens is 2. The van der Waals surface area contributed by atoms with Crippen molar-refractivity contribution in [3.63, 3.8) is 0 Å². The second-order valence-electron chi connectivity index (χ2n) is 7.36. The van der Waals surface area contributed by atoms with E-state index in [2.05, 4.69) is 31.2 Å². The smallest absolute Gasteiger partial charge is 0.411 e. The fraction of sp³-hybridized carbons (Fsp3) is 0.450. The van der Waals surface area contributed by atoms with Gasteiger partial charge in [-0.2, -0.15) is 4.98 Å². The van der Waals surface area contributed by atoms with Crippen LogP contribution in [-0.4, -0.2) is 47.8 Å². The lowest BCUT2D eigenvalue weighted by Gasteiger charge is -2.32. The topological polar surface area (TPSA) is 81.6 Å². The molecule has 0 saturated heterocycles. The lowest BCUT2D eigenvalue weighted by molar-refractivity contribution is 0.199. The van der Waals surface area contributed by atoms with Crippen LogP contribution in [0.2, 0.25) is 0 Å². The number of hydrogen-bond donors (Lipinski definition) is 2. The molecule has 1 aromatic carbocycles. The van der Waals surface area contributed by atoms with Gasteiger partial charge in [-0.1, -0.05) is 15.9 Å². The van der Waals surface area contributed by atoms with E-state index < -0.39 is 6.09 Å². The zero-order valence-corrected chi connectivity index (χ0v) is 17.8. The van der Waals surface area contributed by atoms with Crippen molar-refractivity contribution in [2.75, 3.05) is 35.8 Å². The predicted octanol–water partition coefficient (Wildman–Crippen LogP) is 4.46. The van der Waals surface area contributed by atoms with Crippen LogP contribution in [0.15, 0.2) is 41.0 Å². The summed E-state index contributed by atoms with van der Waals surface area (Å²) in [5, 5.41) is 13.1. The van der Waals surface area contributed by atoms with Gasteiger partial charge in [-0.3, -0.25) is 4.90 Å². The van der Waals surface area contributed by atoms with Gasteiger partial charge in [0.05, 0.1) is 0 Å². The molecular formula is C20H26BrN5O2. The van der Waals surface area contributed by atoms with Gasteiger partial charge < -0.3 is 15.3 Å². The van der Waals surface area contributed by atoms with Crippen LogP contribution >= 0.6 is 15.9 Å². The molecule has 1 aromatic heterocycles. The van der Waals surface area contributed by atoms with Gasteiger partial charge in [-0.05, 0) is 61.9 Å². The minimum atomic E-state index is -0.906. The lowest BCUT2D eigenvalue weighted by Crippen LogP contribution is -2.37. The first kappa shape index (κ1) is 20.4. The Morgan fingerprint density at radius 2 is 1.86 bits per heavy atom. The molecule has 8 heteroatoms. The molecule has 1 aliphatic rings. The van der Waals surface area contributed by atoms with Crippen LogP contribution in [0.4, 0.5) is 22.2 Å². The molecule has 2 N–H and O–H groups in total. The zero-order valence-electron chi connectivity index (χ0n) is 16.2. The lowest BCUT2D eigenvalue weighted by atomic mass is 9.85. The summed E-state index contributed by atoms with van der Waals surface area (Å²) in [5.74, 6) is 1.88. The van der Waals surface area contributed by atoms with Crippen molar-refractivity contribution in [2.45, 2.75) is 31.7 Å². The van der Waals surface area contributed by atoms with Crippen LogP contribution in [0.1, 0.15) is 25.7 Å². The van der Waals surface area contributed by atoms with Gasteiger partial charge >= 0.3 is 6.09 Å². The molecule has 0 atom stereocenters. The Bertz CT molecular complexity index is 791. The van der Waals surface area contributed by atoms with Gasteiger partial charge in [0.15, 0.2) is 0 Å². The van der Waals surface area contributed by atoms with E-state index in [9.17, 15) is 9.90 Å². The van der Waals surface area contributed by atoms with E-state index in [1.807, 2.05) is 49.3 Å². The molecule has 0 bridgehead atoms. The average Bonchev–Trinajstić information content (AvgIpc) is 2.68. The number of hydrogen-bond acceptors (Lipinski definition) is 5. The van der Waals surface area contributed by atoms with E-state index >= 15 is 0 Å². The molecule has 1 saturated carbocycles. The summed E-state index contributed by atoms with van der Waals surface area (Å²) in [5.41, 5.74) is 0.713. The maximum Gasteiger partial charge on any atom is 0.411 e. The number of anilines is 3. The van der Waals surface area contributed by atoms with Crippen molar-refractivity contribution in [3.8, 4) is 0 Å². The first-order valence-electron chi connectivity index (χ1n) is 9.45. The maximum absolute atomic E-state index is 11.7. The highest BCUT2D eigenvalue weighted by Crippen LogP contribution is 2.29. The number of carboxylic acid groups (broad SMARTS) is 1. The molecule has 2 aromatic rings. The molecule has 1 heterocycles. The molecule has 0 aliphatic heterocycles. The highest BCUT2D eigenvalue weighted by Gasteiger charge is 2.26. The fourth-order valence-electron chi connectivity index (χ4n) is 3.51. The summed E-state index contributed by atoms with van der Waals surface area (Å²) in [6, 6.07) is 9.60. The summed E-state index contributed by atoms with van der Waals surface area (Å²) in [7, 11) is 3.91. The third-order valence-corrected chi connectivity index (χ3v) is 5.62. The van der Waals surface area contributed by atoms with Crippen molar-refractivity contribution in [1.29, 1.82) is 0 Å². The van der Waals surface area contributed by atoms with Crippen molar-refractivity contribution in [2.24, 2.45) is 5.92 Å². The Morgan fingerprint density at radius 3 is 2.46 bits per heavy atom. The minimum absolute atomic E-state index is 0.319. The van der Waals surface area contributed by atoms with Crippen molar-refractivity contribution >= 4 is 39.5 Å². The highest BCUT2D eigenvalue weighted by atomic mass is 79.9. The van der Waals surface area contributed by atoms with Crippen LogP contribution in [0.25, 0.3) is 0 Å². The van der Waals surface area contributed by atoms with E-state index in [0.717, 1.165) is 36.0 Å². The molecular weight excluding hydrogens is 422 g/mol. The van der Waals surface area contributed by atoms with E-state index in [-0.39, 0.29) is 0 Å². The summed E-state index contributed by atoms with van der Waals surface area (Å²) < 4.78 is 0.939. The molecule has 0 spiro atoms. The molecule has 1 aliphatic carbocycles. The maximum atomic E-state index is 11.7. The van der Waals surface area contributed by atoms with Crippen molar-refractivity contribution in [3.05, 3.63) is 41.0 Å². The Balaban J connectivity index is 1.55. The van der Waals surface area contributed by atoms with Gasteiger partial charge in [-0.15, -0.1) is 0 Å². The van der Waals surface area contributed by atoms with E-state index in [1.165, 1.54) is 4.90 Å². The number of nitrogens with one attached hydrogen (secondary N) is 1. The molecule has 1 amide bonds. The second kappa shape index (κ2) is 9.23. The van der Waals surface area contributed by atoms with Gasteiger partial charge in [0.2, 0.25) is 5.95 Å². The Kier molecular flexibility index (Phi) is 6.72. The molecule has 7 nitrogen and oxygen atoms in total. The van der Waals surface area contributed by atoms with Gasteiger partial charge in [-0.25, -0.2) is 9.78 Å². The Morgan fingerprint density at radius 1 is 1.18 bits per heavy atom. The number of halogens is 1. The average molecular weight is 448 g/mol. The minimum Gasteiger partial charge on any atom is -0.465 e. The van der Waals surface area contributed by atoms with Gasteiger partial charge in [0.1, 0.15) is 5.82 Å². The molecule has 28 heavy (non-hydrogen) atoms. The largest absolute Gasteiger partial charge is 0.465 e. The number of carbonyl (C=O) groups is 1. The SMILES string of the molecule is CN(C)c1ccnc(N[C@H]2CC[C@@H](CN(C(=O)O)c3ccc(Br)cc3)CC2)n1. The normalized spacial score (nSPS) is 19.1. The first-order chi connectivity index (χ1) is 13.4. The Labute approximate surface area is 173 Å². The molecule has 150 valence electrons. The van der Waals surface area contributed by atoms with Crippen LogP contribution in [0.3, 0.4) is 0 Å². The number of rotatable bonds is 6. The number of nitrogens with zero attached hydrogens (tertiary/aromatic N) is 4. The first-order valence-corrected chi connectivity index (χ1v) is 10.2. The summed E-state index contributed by atoms with van der Waals surface area (Å²) in [4.78, 5) is 24.0. The number of amides is 1. The van der Waals surface area contributed by atoms with Crippen LogP contribution < -0.4 is 15.1 Å². The van der Waals surface area contributed by atoms with Crippen LogP contribution in [-0.2, 0) is 0 Å². The third kappa shape index (κ3) is 5.34. The zero-order chi connectivity index (χ0) is 20.1. The quantitative estimate of drug-likeness (QED) is 0.679. The predicted molar refractivity (Wildman–Crippen MR) is 115 cm³/mol. The van der Waals surface area contributed by atoms with Gasteiger partial charge in [0.25, 0.3) is 0 Å². The van der Waals surface area contributed by atoms with Gasteiger partial charge in [0, 0.05) is 43.0 Å². The third-order valence-electron chi connectivity index (χ3n) is 5.09. The molecule has 1 fully saturated rings. The van der Waals surface area contributed by atoms with E-state index in [4.69, 9.17) is 0 Å². The summed E-state index contributed by atoms with van der Waals surface area (Å²) in [6.07, 6.45) is 4.77. The standard InChI is InChI=1S/C20H26BrN5O2/c1-25(2)18-11-12-22-19(24-18)23-16-7-3-14(4-8-16)13-26(20(27)28)17-9-5-15(21)6-10-17/h5-6,9-12,14,16H,3-4,7-8,13H2,1-2H3,(H,27,28)(H,22,23,24)/t14-,16+.